The Hall–Kier alpha value is -0.690. The molecule has 0 radical (unpaired) electrons. The summed E-state index contributed by atoms with van der Waals surface area (Å²) in [5, 5.41) is 10.2. The summed E-state index contributed by atoms with van der Waals surface area (Å²) >= 11 is 5.59. The molecule has 1 N–H and O–H groups in total. The van der Waals surface area contributed by atoms with Gasteiger partial charge < -0.3 is 5.11 Å². The van der Waals surface area contributed by atoms with E-state index in [1.807, 2.05) is 13.8 Å². The van der Waals surface area contributed by atoms with Gasteiger partial charge in [0.25, 0.3) is 0 Å². The molecule has 0 bridgehead atoms. The van der Waals surface area contributed by atoms with Gasteiger partial charge in [-0.2, -0.15) is 4.31 Å². The number of aliphatic hydroxyl groups is 1. The Balaban J connectivity index is 2.26. The van der Waals surface area contributed by atoms with Crippen LogP contribution in [-0.2, 0) is 10.0 Å². The largest absolute Gasteiger partial charge is 0.387 e. The van der Waals surface area contributed by atoms with E-state index in [1.165, 1.54) is 6.07 Å². The molecule has 2 rings (SSSR count). The lowest BCUT2D eigenvalue weighted by Crippen LogP contribution is -2.65. The Bertz CT molecular complexity index is 597. The summed E-state index contributed by atoms with van der Waals surface area (Å²) in [5.41, 5.74) is -1.03. The third kappa shape index (κ3) is 2.50. The van der Waals surface area contributed by atoms with E-state index in [2.05, 4.69) is 0 Å². The minimum absolute atomic E-state index is 0.0188. The monoisotopic (exact) mass is 307 g/mol. The molecule has 0 aliphatic carbocycles. The Morgan fingerprint density at radius 3 is 2.47 bits per heavy atom. The molecule has 106 valence electrons. The number of hydrogen-bond acceptors (Lipinski definition) is 3. The number of benzene rings is 1. The Labute approximate surface area is 116 Å². The van der Waals surface area contributed by atoms with Gasteiger partial charge in [0.1, 0.15) is 10.7 Å². The van der Waals surface area contributed by atoms with E-state index in [4.69, 9.17) is 11.6 Å². The fourth-order valence-corrected chi connectivity index (χ4v) is 3.69. The average molecular weight is 308 g/mol. The molecule has 7 heteroatoms. The topological polar surface area (TPSA) is 57.6 Å². The van der Waals surface area contributed by atoms with Gasteiger partial charge in [0.15, 0.2) is 0 Å². The van der Waals surface area contributed by atoms with Gasteiger partial charge in [-0.25, -0.2) is 12.8 Å². The van der Waals surface area contributed by atoms with Crippen LogP contribution in [0.5, 0.6) is 0 Å². The van der Waals surface area contributed by atoms with Gasteiger partial charge in [0.05, 0.1) is 5.60 Å². The maximum atomic E-state index is 13.7. The van der Waals surface area contributed by atoms with Gasteiger partial charge >= 0.3 is 0 Å². The Morgan fingerprint density at radius 2 is 2.00 bits per heavy atom. The molecule has 0 atom stereocenters. The quantitative estimate of drug-likeness (QED) is 0.927. The first-order valence-electron chi connectivity index (χ1n) is 5.84. The van der Waals surface area contributed by atoms with E-state index in [1.54, 1.807) is 0 Å². The number of β-amino-alcohol motifs (C(OH)–C–C–N with tert-alkyl or cyclic N) is 1. The second-order valence-corrected chi connectivity index (χ2v) is 7.45. The van der Waals surface area contributed by atoms with Crippen molar-refractivity contribution in [2.45, 2.75) is 24.3 Å². The molecule has 1 heterocycles. The summed E-state index contributed by atoms with van der Waals surface area (Å²) in [6, 6.07) is 3.43. The van der Waals surface area contributed by atoms with E-state index in [-0.39, 0.29) is 24.0 Å². The van der Waals surface area contributed by atoms with Crippen LogP contribution in [0, 0.1) is 11.7 Å². The van der Waals surface area contributed by atoms with E-state index >= 15 is 0 Å². The lowest BCUT2D eigenvalue weighted by atomic mass is 9.85. The first-order valence-corrected chi connectivity index (χ1v) is 7.66. The molecule has 0 aromatic heterocycles. The second-order valence-electron chi connectivity index (χ2n) is 5.11. The molecular weight excluding hydrogens is 293 g/mol. The zero-order chi connectivity index (χ0) is 14.4. The zero-order valence-electron chi connectivity index (χ0n) is 10.6. The van der Waals surface area contributed by atoms with Crippen LogP contribution < -0.4 is 0 Å². The smallest absolute Gasteiger partial charge is 0.246 e. The van der Waals surface area contributed by atoms with Crippen LogP contribution in [0.4, 0.5) is 4.39 Å². The van der Waals surface area contributed by atoms with Crippen LogP contribution in [0.2, 0.25) is 5.02 Å². The number of halogens is 2. The lowest BCUT2D eigenvalue weighted by Gasteiger charge is -2.47. The highest BCUT2D eigenvalue weighted by molar-refractivity contribution is 7.89. The molecule has 1 aromatic rings. The number of rotatable bonds is 3. The summed E-state index contributed by atoms with van der Waals surface area (Å²) in [5.74, 6) is -0.943. The highest BCUT2D eigenvalue weighted by atomic mass is 35.5. The van der Waals surface area contributed by atoms with Crippen molar-refractivity contribution in [1.82, 2.24) is 4.31 Å². The molecule has 4 nitrogen and oxygen atoms in total. The van der Waals surface area contributed by atoms with Crippen LogP contribution in [0.15, 0.2) is 23.1 Å². The molecule has 0 amide bonds. The molecule has 1 aliphatic heterocycles. The fourth-order valence-electron chi connectivity index (χ4n) is 1.92. The molecule has 0 spiro atoms. The molecule has 19 heavy (non-hydrogen) atoms. The highest BCUT2D eigenvalue weighted by Crippen LogP contribution is 2.34. The molecule has 1 aliphatic rings. The summed E-state index contributed by atoms with van der Waals surface area (Å²) < 4.78 is 39.1. The van der Waals surface area contributed by atoms with Crippen molar-refractivity contribution in [3.63, 3.8) is 0 Å². The molecular formula is C12H15ClFNO3S. The normalized spacial score (nSPS) is 19.5. The number of sulfonamides is 1. The van der Waals surface area contributed by atoms with Crippen LogP contribution in [-0.4, -0.2) is 36.5 Å². The number of hydrogen-bond donors (Lipinski definition) is 1. The van der Waals surface area contributed by atoms with Gasteiger partial charge in [-0.15, -0.1) is 0 Å². The SMILES string of the molecule is CC(C)C1(O)CN(S(=O)(=O)c2ccc(Cl)cc2F)C1. The number of nitrogens with zero attached hydrogens (tertiary/aromatic N) is 1. The minimum Gasteiger partial charge on any atom is -0.387 e. The first kappa shape index (κ1) is 14.7. The Morgan fingerprint density at radius 1 is 1.42 bits per heavy atom. The summed E-state index contributed by atoms with van der Waals surface area (Å²) in [6.45, 7) is 3.59. The van der Waals surface area contributed by atoms with Gasteiger partial charge in [0, 0.05) is 18.1 Å². The predicted molar refractivity (Wildman–Crippen MR) is 70.0 cm³/mol. The van der Waals surface area contributed by atoms with Crippen LogP contribution in [0.1, 0.15) is 13.8 Å². The van der Waals surface area contributed by atoms with Crippen LogP contribution in [0.3, 0.4) is 0 Å². The van der Waals surface area contributed by atoms with Crippen molar-refractivity contribution in [1.29, 1.82) is 0 Å². The van der Waals surface area contributed by atoms with Gasteiger partial charge in [0.2, 0.25) is 10.0 Å². The fraction of sp³-hybridized carbons (Fsp3) is 0.500. The summed E-state index contributed by atoms with van der Waals surface area (Å²) in [7, 11) is -3.91. The van der Waals surface area contributed by atoms with Gasteiger partial charge in [-0.3, -0.25) is 0 Å². The average Bonchev–Trinajstić information content (AvgIpc) is 2.23. The first-order chi connectivity index (χ1) is 8.67. The van der Waals surface area contributed by atoms with Crippen molar-refractivity contribution in [3.05, 3.63) is 29.0 Å². The molecule has 1 fully saturated rings. The molecule has 0 saturated carbocycles. The standard InChI is InChI=1S/C12H15ClFNO3S/c1-8(2)12(16)6-15(7-12)19(17,18)11-4-3-9(13)5-10(11)14/h3-5,8,16H,6-7H2,1-2H3. The van der Waals surface area contributed by atoms with E-state index < -0.39 is 26.3 Å². The maximum absolute atomic E-state index is 13.7. The molecule has 1 aromatic carbocycles. The second kappa shape index (κ2) is 4.70. The van der Waals surface area contributed by atoms with Crippen LogP contribution in [0.25, 0.3) is 0 Å². The summed E-state index contributed by atoms with van der Waals surface area (Å²) in [6.07, 6.45) is 0. The van der Waals surface area contributed by atoms with E-state index in [0.29, 0.717) is 0 Å². The van der Waals surface area contributed by atoms with Crippen molar-refractivity contribution in [2.75, 3.05) is 13.1 Å². The third-order valence-electron chi connectivity index (χ3n) is 3.49. The van der Waals surface area contributed by atoms with Crippen molar-refractivity contribution in [2.24, 2.45) is 5.92 Å². The predicted octanol–water partition coefficient (Wildman–Crippen LogP) is 1.87. The maximum Gasteiger partial charge on any atom is 0.246 e. The molecule has 0 unspecified atom stereocenters. The van der Waals surface area contributed by atoms with Gasteiger partial charge in [-0.05, 0) is 24.1 Å². The van der Waals surface area contributed by atoms with Gasteiger partial charge in [-0.1, -0.05) is 25.4 Å². The van der Waals surface area contributed by atoms with E-state index in [9.17, 15) is 17.9 Å². The lowest BCUT2D eigenvalue weighted by molar-refractivity contribution is -0.0933. The summed E-state index contributed by atoms with van der Waals surface area (Å²) in [4.78, 5) is -0.414. The highest BCUT2D eigenvalue weighted by Gasteiger charge is 2.49. The zero-order valence-corrected chi connectivity index (χ0v) is 12.2. The minimum atomic E-state index is -3.91. The Kier molecular flexibility index (Phi) is 3.64. The van der Waals surface area contributed by atoms with Crippen LogP contribution >= 0.6 is 11.6 Å². The van der Waals surface area contributed by atoms with Crippen molar-refractivity contribution in [3.8, 4) is 0 Å². The van der Waals surface area contributed by atoms with E-state index in [0.717, 1.165) is 16.4 Å². The van der Waals surface area contributed by atoms with Crippen molar-refractivity contribution < 1.29 is 17.9 Å². The third-order valence-corrected chi connectivity index (χ3v) is 5.55. The van der Waals surface area contributed by atoms with Crippen molar-refractivity contribution >= 4 is 21.6 Å². The molecule has 1 saturated heterocycles.